The van der Waals surface area contributed by atoms with E-state index < -0.39 is 0 Å². The molecule has 0 bridgehead atoms. The number of rotatable bonds is 1. The molecule has 3 heteroatoms. The van der Waals surface area contributed by atoms with Crippen LogP contribution in [0.25, 0.3) is 0 Å². The third kappa shape index (κ3) is 10.7. The molecule has 47 valence electrons. The van der Waals surface area contributed by atoms with Crippen molar-refractivity contribution in [3.8, 4) is 0 Å². The maximum atomic E-state index is 9.82. The van der Waals surface area contributed by atoms with E-state index in [1.807, 2.05) is 0 Å². The van der Waals surface area contributed by atoms with Crippen molar-refractivity contribution in [3.05, 3.63) is 0 Å². The Hall–Kier alpha value is 0.210. The van der Waals surface area contributed by atoms with Crippen molar-refractivity contribution in [1.82, 2.24) is 0 Å². The van der Waals surface area contributed by atoms with E-state index in [0.29, 0.717) is 6.61 Å². The van der Waals surface area contributed by atoms with Gasteiger partial charge in [-0.15, -0.1) is 0 Å². The molecule has 0 aromatic heterocycles. The molecule has 0 spiro atoms. The summed E-state index contributed by atoms with van der Waals surface area (Å²) in [6.45, 7) is 3.65. The van der Waals surface area contributed by atoms with Crippen LogP contribution < -0.4 is 0 Å². The van der Waals surface area contributed by atoms with E-state index in [0.717, 1.165) is 0 Å². The fraction of sp³-hybridized carbons (Fsp3) is 0.750. The molecule has 0 amide bonds. The Bertz CT molecular complexity index is 53.7. The third-order valence-corrected chi connectivity index (χ3v) is 0.348. The standard InChI is InChI=1S/C4H8O2.Ag/c1-3-6-4(2)5;/h3H2,1-2H3;. The zero-order valence-electron chi connectivity index (χ0n) is 4.33. The average molecular weight is 196 g/mol. The summed E-state index contributed by atoms with van der Waals surface area (Å²) in [5.41, 5.74) is 0. The molecule has 0 fully saturated rings. The minimum absolute atomic E-state index is 0. The predicted octanol–water partition coefficient (Wildman–Crippen LogP) is 0.567. The summed E-state index contributed by atoms with van der Waals surface area (Å²) in [6.07, 6.45) is 0. The molecular formula is C4H8AgO2. The second-order valence-corrected chi connectivity index (χ2v) is 0.925. The van der Waals surface area contributed by atoms with Gasteiger partial charge < -0.3 is 4.74 Å². The normalized spacial score (nSPS) is 6.57. The molecule has 0 saturated heterocycles. The van der Waals surface area contributed by atoms with Gasteiger partial charge in [0.15, 0.2) is 0 Å². The molecule has 0 aromatic rings. The number of carbonyl (C=O) groups is 1. The van der Waals surface area contributed by atoms with Gasteiger partial charge in [-0.1, -0.05) is 0 Å². The number of hydrogen-bond donors (Lipinski definition) is 0. The monoisotopic (exact) mass is 195 g/mol. The van der Waals surface area contributed by atoms with Crippen molar-refractivity contribution in [3.63, 3.8) is 0 Å². The van der Waals surface area contributed by atoms with E-state index in [-0.39, 0.29) is 28.3 Å². The summed E-state index contributed by atoms with van der Waals surface area (Å²) in [6, 6.07) is 0. The molecule has 0 aliphatic carbocycles. The van der Waals surface area contributed by atoms with E-state index in [1.54, 1.807) is 6.92 Å². The minimum Gasteiger partial charge on any atom is -0.466 e. The van der Waals surface area contributed by atoms with Crippen LogP contribution in [0, 0.1) is 0 Å². The van der Waals surface area contributed by atoms with Crippen LogP contribution >= 0.6 is 0 Å². The smallest absolute Gasteiger partial charge is 0.302 e. The first-order chi connectivity index (χ1) is 2.77. The molecule has 0 saturated carbocycles. The van der Waals surface area contributed by atoms with Crippen LogP contribution in [0.2, 0.25) is 0 Å². The molecule has 0 unspecified atom stereocenters. The van der Waals surface area contributed by atoms with Gasteiger partial charge in [0.2, 0.25) is 0 Å². The molecule has 0 aliphatic rings. The van der Waals surface area contributed by atoms with Gasteiger partial charge in [-0.3, -0.25) is 4.79 Å². The number of esters is 1. The maximum absolute atomic E-state index is 9.82. The van der Waals surface area contributed by atoms with Crippen molar-refractivity contribution in [2.75, 3.05) is 6.61 Å². The van der Waals surface area contributed by atoms with Crippen LogP contribution in [-0.2, 0) is 31.9 Å². The van der Waals surface area contributed by atoms with Crippen molar-refractivity contribution >= 4 is 5.97 Å². The average Bonchev–Trinajstić information content (AvgIpc) is 1.35. The van der Waals surface area contributed by atoms with E-state index in [2.05, 4.69) is 4.74 Å². The minimum atomic E-state index is -0.211. The van der Waals surface area contributed by atoms with Crippen LogP contribution in [0.4, 0.5) is 0 Å². The summed E-state index contributed by atoms with van der Waals surface area (Å²) >= 11 is 0. The summed E-state index contributed by atoms with van der Waals surface area (Å²) in [5, 5.41) is 0. The third-order valence-electron chi connectivity index (χ3n) is 0.348. The SMILES string of the molecule is CCOC(C)=O.[Ag]. The molecule has 0 heterocycles. The zero-order chi connectivity index (χ0) is 4.99. The van der Waals surface area contributed by atoms with Crippen molar-refractivity contribution < 1.29 is 31.9 Å². The van der Waals surface area contributed by atoms with Gasteiger partial charge in [-0.05, 0) is 6.92 Å². The second kappa shape index (κ2) is 6.21. The molecule has 0 rings (SSSR count). The summed E-state index contributed by atoms with van der Waals surface area (Å²) < 4.78 is 4.40. The number of ether oxygens (including phenoxy) is 1. The second-order valence-electron chi connectivity index (χ2n) is 0.925. The van der Waals surface area contributed by atoms with Crippen LogP contribution in [-0.4, -0.2) is 12.6 Å². The van der Waals surface area contributed by atoms with Gasteiger partial charge >= 0.3 is 5.97 Å². The molecule has 0 atom stereocenters. The maximum Gasteiger partial charge on any atom is 0.302 e. The molecule has 0 aliphatic heterocycles. The van der Waals surface area contributed by atoms with Crippen molar-refractivity contribution in [2.45, 2.75) is 13.8 Å². The van der Waals surface area contributed by atoms with Gasteiger partial charge in [0, 0.05) is 29.3 Å². The largest absolute Gasteiger partial charge is 0.466 e. The zero-order valence-corrected chi connectivity index (χ0v) is 5.81. The van der Waals surface area contributed by atoms with E-state index >= 15 is 0 Å². The molecule has 1 radical (unpaired) electrons. The molecule has 0 aromatic carbocycles. The van der Waals surface area contributed by atoms with Gasteiger partial charge in [0.1, 0.15) is 0 Å². The van der Waals surface area contributed by atoms with Crippen LogP contribution in [0.15, 0.2) is 0 Å². The topological polar surface area (TPSA) is 26.3 Å². The quantitative estimate of drug-likeness (QED) is 0.452. The van der Waals surface area contributed by atoms with E-state index in [4.69, 9.17) is 0 Å². The van der Waals surface area contributed by atoms with Gasteiger partial charge in [-0.2, -0.15) is 0 Å². The fourth-order valence-corrected chi connectivity index (χ4v) is 0.203. The van der Waals surface area contributed by atoms with Crippen LogP contribution in [0.3, 0.4) is 0 Å². The summed E-state index contributed by atoms with van der Waals surface area (Å²) in [4.78, 5) is 9.82. The van der Waals surface area contributed by atoms with Gasteiger partial charge in [-0.25, -0.2) is 0 Å². The van der Waals surface area contributed by atoms with Crippen molar-refractivity contribution in [2.24, 2.45) is 0 Å². The Labute approximate surface area is 58.7 Å². The van der Waals surface area contributed by atoms with Crippen LogP contribution in [0.1, 0.15) is 13.8 Å². The van der Waals surface area contributed by atoms with E-state index in [1.165, 1.54) is 6.92 Å². The number of hydrogen-bond acceptors (Lipinski definition) is 2. The Morgan fingerprint density at radius 3 is 2.14 bits per heavy atom. The Kier molecular flexibility index (Phi) is 9.09. The number of carbonyl (C=O) groups excluding carboxylic acids is 1. The van der Waals surface area contributed by atoms with E-state index in [9.17, 15) is 4.79 Å². The summed E-state index contributed by atoms with van der Waals surface area (Å²) in [7, 11) is 0. The predicted molar refractivity (Wildman–Crippen MR) is 22.3 cm³/mol. The molecule has 2 nitrogen and oxygen atoms in total. The first-order valence-electron chi connectivity index (χ1n) is 1.90. The Morgan fingerprint density at radius 2 is 2.14 bits per heavy atom. The summed E-state index contributed by atoms with van der Waals surface area (Å²) in [5.74, 6) is -0.211. The Balaban J connectivity index is 0. The first-order valence-corrected chi connectivity index (χ1v) is 1.90. The molecule has 7 heavy (non-hydrogen) atoms. The Morgan fingerprint density at radius 1 is 1.71 bits per heavy atom. The van der Waals surface area contributed by atoms with Gasteiger partial charge in [0.25, 0.3) is 0 Å². The van der Waals surface area contributed by atoms with Gasteiger partial charge in [0.05, 0.1) is 6.61 Å². The first kappa shape index (κ1) is 10.2. The molecule has 0 N–H and O–H groups in total. The fourth-order valence-electron chi connectivity index (χ4n) is 0.203. The molecular weight excluding hydrogens is 188 g/mol. The van der Waals surface area contributed by atoms with Crippen LogP contribution in [0.5, 0.6) is 0 Å². The van der Waals surface area contributed by atoms with Crippen molar-refractivity contribution in [1.29, 1.82) is 0 Å².